The van der Waals surface area contributed by atoms with Crippen molar-refractivity contribution in [2.24, 2.45) is 0 Å². The first-order valence-electron chi connectivity index (χ1n) is 10.2. The van der Waals surface area contributed by atoms with E-state index in [-0.39, 0.29) is 5.60 Å². The first-order valence-corrected chi connectivity index (χ1v) is 10.2. The first-order chi connectivity index (χ1) is 13.7. The normalized spacial score (nSPS) is 19.6. The van der Waals surface area contributed by atoms with Crippen LogP contribution in [0.25, 0.3) is 0 Å². The van der Waals surface area contributed by atoms with Gasteiger partial charge in [-0.15, -0.1) is 13.2 Å². The monoisotopic (exact) mass is 384 g/mol. The molecule has 0 unspecified atom stereocenters. The third-order valence-corrected chi connectivity index (χ3v) is 5.78. The zero-order chi connectivity index (χ0) is 20.4. The summed E-state index contributed by atoms with van der Waals surface area (Å²) in [5, 5.41) is 0. The minimum absolute atomic E-state index is 0.000309. The highest BCUT2D eigenvalue weighted by Gasteiger charge is 2.39. The van der Waals surface area contributed by atoms with Gasteiger partial charge in [-0.25, -0.2) is 0 Å². The van der Waals surface area contributed by atoms with Crippen LogP contribution in [-0.4, -0.2) is 56.9 Å². The molecule has 0 bridgehead atoms. The van der Waals surface area contributed by atoms with Crippen molar-refractivity contribution in [3.8, 4) is 5.75 Å². The molecule has 0 atom stereocenters. The minimum Gasteiger partial charge on any atom is -0.497 e. The van der Waals surface area contributed by atoms with Gasteiger partial charge < -0.3 is 19.3 Å². The minimum atomic E-state index is -0.000309. The fourth-order valence-corrected chi connectivity index (χ4v) is 4.01. The standard InChI is InChI=1S/C22H32N2O2.C2H4/c1-4-19(5-2)9-12-23-13-10-22(11-14-23)18-24(15-16-26-22)20-7-6-8-21(17-20)25-3;1-2/h4-8,17H,1,9-16,18H2,2-3H3;1-2H2/b19-5+;. The van der Waals surface area contributed by atoms with Crippen LogP contribution in [0.4, 0.5) is 5.69 Å². The highest BCUT2D eigenvalue weighted by Crippen LogP contribution is 2.33. The van der Waals surface area contributed by atoms with Crippen molar-refractivity contribution < 1.29 is 9.47 Å². The van der Waals surface area contributed by atoms with E-state index in [4.69, 9.17) is 9.47 Å². The van der Waals surface area contributed by atoms with E-state index >= 15 is 0 Å². The number of methoxy groups -OCH3 is 1. The molecule has 4 nitrogen and oxygen atoms in total. The van der Waals surface area contributed by atoms with Crippen LogP contribution in [0.3, 0.4) is 0 Å². The lowest BCUT2D eigenvalue weighted by Crippen LogP contribution is -2.57. The number of hydrogen-bond donors (Lipinski definition) is 0. The van der Waals surface area contributed by atoms with Gasteiger partial charge >= 0.3 is 0 Å². The van der Waals surface area contributed by atoms with E-state index in [9.17, 15) is 0 Å². The van der Waals surface area contributed by atoms with E-state index in [1.807, 2.05) is 12.1 Å². The molecule has 28 heavy (non-hydrogen) atoms. The smallest absolute Gasteiger partial charge is 0.120 e. The average molecular weight is 385 g/mol. The number of anilines is 1. The largest absolute Gasteiger partial charge is 0.497 e. The van der Waals surface area contributed by atoms with Crippen LogP contribution in [0.1, 0.15) is 26.2 Å². The van der Waals surface area contributed by atoms with Gasteiger partial charge in [0.15, 0.2) is 0 Å². The average Bonchev–Trinajstić information content (AvgIpc) is 2.77. The molecule has 1 aromatic rings. The van der Waals surface area contributed by atoms with E-state index in [1.54, 1.807) is 7.11 Å². The second-order valence-electron chi connectivity index (χ2n) is 7.31. The Morgan fingerprint density at radius 2 is 2.00 bits per heavy atom. The molecule has 1 aromatic carbocycles. The quantitative estimate of drug-likeness (QED) is 0.525. The molecule has 2 aliphatic rings. The number of nitrogens with zero attached hydrogens (tertiary/aromatic N) is 2. The van der Waals surface area contributed by atoms with E-state index in [0.717, 1.165) is 64.3 Å². The number of hydrogen-bond acceptors (Lipinski definition) is 4. The maximum Gasteiger partial charge on any atom is 0.120 e. The number of morpholine rings is 1. The summed E-state index contributed by atoms with van der Waals surface area (Å²) < 4.78 is 11.7. The van der Waals surface area contributed by atoms with Crippen molar-refractivity contribution in [1.29, 1.82) is 0 Å². The number of allylic oxidation sites excluding steroid dienone is 2. The molecular formula is C24H36N2O2. The molecule has 2 saturated heterocycles. The molecule has 2 fully saturated rings. The van der Waals surface area contributed by atoms with Gasteiger partial charge in [0.25, 0.3) is 0 Å². The lowest BCUT2D eigenvalue weighted by molar-refractivity contribution is -0.0909. The predicted octanol–water partition coefficient (Wildman–Crippen LogP) is 4.69. The van der Waals surface area contributed by atoms with Gasteiger partial charge in [-0.2, -0.15) is 0 Å². The van der Waals surface area contributed by atoms with Gasteiger partial charge in [0.2, 0.25) is 0 Å². The number of benzene rings is 1. The van der Waals surface area contributed by atoms with Gasteiger partial charge in [0.05, 0.1) is 19.3 Å². The van der Waals surface area contributed by atoms with E-state index in [1.165, 1.54) is 11.3 Å². The molecule has 2 aliphatic heterocycles. The summed E-state index contributed by atoms with van der Waals surface area (Å²) in [6.45, 7) is 18.0. The number of rotatable bonds is 6. The predicted molar refractivity (Wildman–Crippen MR) is 119 cm³/mol. The topological polar surface area (TPSA) is 24.9 Å². The van der Waals surface area contributed by atoms with Crippen molar-refractivity contribution >= 4 is 5.69 Å². The summed E-state index contributed by atoms with van der Waals surface area (Å²) in [5.41, 5.74) is 2.57. The van der Waals surface area contributed by atoms with Crippen LogP contribution in [0.2, 0.25) is 0 Å². The molecule has 1 spiro atoms. The summed E-state index contributed by atoms with van der Waals surface area (Å²) in [7, 11) is 1.72. The summed E-state index contributed by atoms with van der Waals surface area (Å²) in [6, 6.07) is 8.37. The van der Waals surface area contributed by atoms with Crippen molar-refractivity contribution in [3.63, 3.8) is 0 Å². The van der Waals surface area contributed by atoms with Crippen molar-refractivity contribution in [3.05, 3.63) is 61.7 Å². The Bertz CT molecular complexity index is 648. The molecule has 0 N–H and O–H groups in total. The molecule has 0 aromatic heterocycles. The number of ether oxygens (including phenoxy) is 2. The van der Waals surface area contributed by atoms with Gasteiger partial charge in [-0.3, -0.25) is 0 Å². The van der Waals surface area contributed by atoms with Gasteiger partial charge in [-0.05, 0) is 38.3 Å². The lowest BCUT2D eigenvalue weighted by Gasteiger charge is -2.48. The fraction of sp³-hybridized carbons (Fsp3) is 0.500. The number of likely N-dealkylation sites (tertiary alicyclic amines) is 1. The number of piperidine rings is 1. The lowest BCUT2D eigenvalue weighted by atomic mass is 9.89. The third-order valence-electron chi connectivity index (χ3n) is 5.78. The summed E-state index contributed by atoms with van der Waals surface area (Å²) in [4.78, 5) is 5.02. The molecule has 154 valence electrons. The Morgan fingerprint density at radius 3 is 2.64 bits per heavy atom. The Hall–Kier alpha value is -2.04. The van der Waals surface area contributed by atoms with Crippen molar-refractivity contribution in [1.82, 2.24) is 4.90 Å². The van der Waals surface area contributed by atoms with E-state index in [2.05, 4.69) is 60.7 Å². The Morgan fingerprint density at radius 1 is 1.25 bits per heavy atom. The zero-order valence-corrected chi connectivity index (χ0v) is 17.7. The van der Waals surface area contributed by atoms with Crippen LogP contribution < -0.4 is 9.64 Å². The van der Waals surface area contributed by atoms with Crippen LogP contribution in [-0.2, 0) is 4.74 Å². The summed E-state index contributed by atoms with van der Waals surface area (Å²) in [6.07, 6.45) is 7.43. The fourth-order valence-electron chi connectivity index (χ4n) is 4.01. The second kappa shape index (κ2) is 11.1. The molecule has 0 radical (unpaired) electrons. The van der Waals surface area contributed by atoms with Gasteiger partial charge in [-0.1, -0.05) is 30.4 Å². The van der Waals surface area contributed by atoms with Gasteiger partial charge in [0.1, 0.15) is 5.75 Å². The molecule has 4 heteroatoms. The van der Waals surface area contributed by atoms with Crippen molar-refractivity contribution in [2.75, 3.05) is 51.3 Å². The Kier molecular flexibility index (Phi) is 8.81. The highest BCUT2D eigenvalue weighted by molar-refractivity contribution is 5.51. The Balaban J connectivity index is 0.00000136. The van der Waals surface area contributed by atoms with E-state index < -0.39 is 0 Å². The Labute approximate surface area is 171 Å². The first kappa shape index (κ1) is 22.3. The van der Waals surface area contributed by atoms with Gasteiger partial charge in [0, 0.05) is 44.5 Å². The van der Waals surface area contributed by atoms with Crippen LogP contribution in [0.5, 0.6) is 5.75 Å². The zero-order valence-electron chi connectivity index (χ0n) is 17.7. The summed E-state index contributed by atoms with van der Waals surface area (Å²) >= 11 is 0. The molecule has 0 aliphatic carbocycles. The molecule has 2 heterocycles. The molecular weight excluding hydrogens is 348 g/mol. The second-order valence-corrected chi connectivity index (χ2v) is 7.31. The van der Waals surface area contributed by atoms with Crippen molar-refractivity contribution in [2.45, 2.75) is 31.8 Å². The maximum atomic E-state index is 6.30. The SMILES string of the molecule is C=C.C=C/C(=C\C)CCN1CCC2(CC1)CN(c1cccc(OC)c1)CCO2. The molecule has 0 amide bonds. The van der Waals surface area contributed by atoms with Crippen LogP contribution in [0, 0.1) is 0 Å². The van der Waals surface area contributed by atoms with Crippen LogP contribution >= 0.6 is 0 Å². The molecule has 3 rings (SSSR count). The van der Waals surface area contributed by atoms with Crippen LogP contribution in [0.15, 0.2) is 61.7 Å². The summed E-state index contributed by atoms with van der Waals surface area (Å²) in [5.74, 6) is 0.917. The maximum absolute atomic E-state index is 6.30. The molecule has 0 saturated carbocycles. The van der Waals surface area contributed by atoms with E-state index in [0.29, 0.717) is 0 Å². The third kappa shape index (κ3) is 5.73. The highest BCUT2D eigenvalue weighted by atomic mass is 16.5.